The Kier molecular flexibility index (Phi) is 8.40. The van der Waals surface area contributed by atoms with Gasteiger partial charge in [0.1, 0.15) is 6.10 Å². The van der Waals surface area contributed by atoms with E-state index in [1.54, 1.807) is 6.07 Å². The lowest BCUT2D eigenvalue weighted by Crippen LogP contribution is -2.59. The molecule has 11 nitrogen and oxygen atoms in total. The summed E-state index contributed by atoms with van der Waals surface area (Å²) in [6.45, 7) is -3.92. The highest BCUT2D eigenvalue weighted by Gasteiger charge is 2.51. The van der Waals surface area contributed by atoms with Gasteiger partial charge in [-0.05, 0) is 48.6 Å². The molecule has 0 aliphatic carbocycles. The van der Waals surface area contributed by atoms with Gasteiger partial charge in [0, 0.05) is 20.8 Å². The smallest absolute Gasteiger partial charge is 0.465 e. The molecule has 2 aromatic carbocycles. The van der Waals surface area contributed by atoms with Gasteiger partial charge in [0.25, 0.3) is 0 Å². The second kappa shape index (κ2) is 13.7. The van der Waals surface area contributed by atoms with Crippen molar-refractivity contribution < 1.29 is 57.3 Å². The van der Waals surface area contributed by atoms with Crippen molar-refractivity contribution in [3.05, 3.63) is 60.2 Å². The fourth-order valence-corrected chi connectivity index (χ4v) is 6.26. The Morgan fingerprint density at radius 2 is 1.86 bits per heavy atom. The minimum atomic E-state index is -5.72. The lowest BCUT2D eigenvalue weighted by molar-refractivity contribution is -0.208. The third-order valence-corrected chi connectivity index (χ3v) is 8.51. The van der Waals surface area contributed by atoms with Crippen LogP contribution in [0.2, 0.25) is 0 Å². The number of sulfonamides is 1. The van der Waals surface area contributed by atoms with Crippen molar-refractivity contribution in [2.45, 2.75) is 62.2 Å². The molecule has 44 heavy (non-hydrogen) atoms. The summed E-state index contributed by atoms with van der Waals surface area (Å²) in [5, 5.41) is 10.6. The molecule has 0 spiro atoms. The van der Waals surface area contributed by atoms with Gasteiger partial charge in [-0.1, -0.05) is 44.2 Å². The van der Waals surface area contributed by atoms with E-state index in [1.165, 1.54) is 50.2 Å². The third-order valence-electron chi connectivity index (χ3n) is 6.81. The maximum absolute atomic E-state index is 14.1. The Morgan fingerprint density at radius 3 is 2.45 bits per heavy atom. The molecule has 15 heteroatoms. The Balaban J connectivity index is 1.99. The maximum atomic E-state index is 14.1. The van der Waals surface area contributed by atoms with E-state index in [0.717, 1.165) is 12.1 Å². The van der Waals surface area contributed by atoms with Crippen molar-refractivity contribution in [3.8, 4) is 0 Å². The number of nitrogen functional groups attached to an aromatic ring is 1. The molecule has 2 aliphatic heterocycles. The third kappa shape index (κ3) is 7.81. The van der Waals surface area contributed by atoms with E-state index in [4.69, 9.17) is 25.4 Å². The lowest BCUT2D eigenvalue weighted by Gasteiger charge is -2.41. The van der Waals surface area contributed by atoms with Gasteiger partial charge < -0.3 is 25.1 Å². The molecular weight excluding hydrogens is 607 g/mol. The van der Waals surface area contributed by atoms with Crippen LogP contribution in [0.3, 0.4) is 0 Å². The van der Waals surface area contributed by atoms with Crippen molar-refractivity contribution in [3.63, 3.8) is 0 Å². The summed E-state index contributed by atoms with van der Waals surface area (Å²) in [5.74, 6) is -5.35. The first kappa shape index (κ1) is 27.0. The highest BCUT2D eigenvalue weighted by atomic mass is 32.2. The van der Waals surface area contributed by atoms with Gasteiger partial charge in [0.15, 0.2) is 6.27 Å². The van der Waals surface area contributed by atoms with Crippen molar-refractivity contribution in [1.29, 1.82) is 0 Å². The highest BCUT2D eigenvalue weighted by molar-refractivity contribution is 7.89. The molecule has 2 saturated heterocycles. The van der Waals surface area contributed by atoms with E-state index in [1.807, 2.05) is 0 Å². The largest absolute Gasteiger partial charge is 0.490 e. The zero-order valence-electron chi connectivity index (χ0n) is 28.7. The number of carbonyl (C=O) groups excluding carboxylic acids is 1. The van der Waals surface area contributed by atoms with Gasteiger partial charge in [-0.25, -0.2) is 18.0 Å². The number of nitrogens with zero attached hydrogens (tertiary/aromatic N) is 2. The van der Waals surface area contributed by atoms with Crippen LogP contribution in [0.15, 0.2) is 59.5 Å². The predicted molar refractivity (Wildman–Crippen MR) is 152 cm³/mol. The van der Waals surface area contributed by atoms with E-state index in [-0.39, 0.29) is 33.5 Å². The molecule has 0 radical (unpaired) electrons. The number of fused-ring (bicyclic) bond motifs is 1. The number of carboxylic acid groups (broad SMARTS) is 1. The number of anilines is 1. The normalized spacial score (nSPS) is 27.7. The van der Waals surface area contributed by atoms with E-state index < -0.39 is 95.5 Å². The fraction of sp³-hybridized carbons (Fsp3) is 0.517. The van der Waals surface area contributed by atoms with E-state index in [0.29, 0.717) is 0 Å². The van der Waals surface area contributed by atoms with E-state index in [2.05, 4.69) is 0 Å². The van der Waals surface area contributed by atoms with Crippen LogP contribution in [0, 0.1) is 11.8 Å². The summed E-state index contributed by atoms with van der Waals surface area (Å²) in [6, 6.07) is 6.78. The zero-order valence-corrected chi connectivity index (χ0v) is 24.5. The second-order valence-corrected chi connectivity index (χ2v) is 12.3. The van der Waals surface area contributed by atoms with Crippen molar-refractivity contribution in [1.82, 2.24) is 9.21 Å². The summed E-state index contributed by atoms with van der Waals surface area (Å²) in [6.07, 6.45) is -13.6. The number of nitrogens with two attached hydrogens (primary N) is 1. The first-order valence-electron chi connectivity index (χ1n) is 16.1. The summed E-state index contributed by atoms with van der Waals surface area (Å²) in [7, 11) is -5.05. The standard InChI is InChI=1S/C29H36F3N3O8S/c1-18(2)15-34(44(39,40)21-10-8-20(33)9-11-21)16-25(43-27(36)29(30,31)32)23(14-19-6-4-3-5-7-19)35(28(37)38)24-17-42-26-22(24)12-13-41-26/h3-11,18,22-26H,12-17,33H2,1-2H3,(H,37,38)/t22-,23-,24-,25+,26+/m0/s1/i15D2,17D,23D,26D/t17?,22-,23-,24-,25+,26+. The fourth-order valence-electron chi connectivity index (χ4n) is 4.85. The number of esters is 1. The molecule has 2 aliphatic rings. The molecule has 0 aromatic heterocycles. The minimum Gasteiger partial charge on any atom is -0.465 e. The van der Waals surface area contributed by atoms with E-state index in [9.17, 15) is 37.7 Å². The quantitative estimate of drug-likeness (QED) is 0.259. The first-order chi connectivity index (χ1) is 22.6. The second-order valence-electron chi connectivity index (χ2n) is 10.4. The van der Waals surface area contributed by atoms with Gasteiger partial charge in [0.05, 0.1) is 40.8 Å². The average Bonchev–Trinajstić information content (AvgIpc) is 3.47. The van der Waals surface area contributed by atoms with Crippen molar-refractivity contribution >= 4 is 27.8 Å². The molecular formula is C29H36F3N3O8S. The topological polar surface area (TPSA) is 149 Å². The number of carbonyl (C=O) groups is 2. The molecule has 2 fully saturated rings. The van der Waals surface area contributed by atoms with Crippen LogP contribution in [0.25, 0.3) is 0 Å². The van der Waals surface area contributed by atoms with Crippen LogP contribution >= 0.6 is 0 Å². The van der Waals surface area contributed by atoms with Gasteiger partial charge in [-0.2, -0.15) is 17.5 Å². The number of hydrogen-bond donors (Lipinski definition) is 2. The Labute approximate surface area is 260 Å². The van der Waals surface area contributed by atoms with Crippen LogP contribution in [0.5, 0.6) is 0 Å². The highest BCUT2D eigenvalue weighted by Crippen LogP contribution is 2.37. The van der Waals surface area contributed by atoms with Gasteiger partial charge in [-0.15, -0.1) is 0 Å². The van der Waals surface area contributed by atoms with Crippen molar-refractivity contribution in [2.24, 2.45) is 11.8 Å². The number of ether oxygens (including phenoxy) is 3. The minimum absolute atomic E-state index is 0.0602. The Morgan fingerprint density at radius 1 is 1.20 bits per heavy atom. The van der Waals surface area contributed by atoms with Crippen LogP contribution in [-0.4, -0.2) is 91.6 Å². The zero-order chi connectivity index (χ0) is 36.7. The van der Waals surface area contributed by atoms with Gasteiger partial charge in [-0.3, -0.25) is 4.90 Å². The molecule has 0 bridgehead atoms. The van der Waals surface area contributed by atoms with Gasteiger partial charge >= 0.3 is 18.2 Å². The SMILES string of the molecule is [2H]C1O[C@@]2([2H])OCC[C@H]2[C@H]1N(C(=O)O)[C@@]([2H])(Cc1ccccc1)[C@@H](CN(C([2H])([2H])C(C)C)S(=O)(=O)c1ccc(N)cc1)OC(=O)C(F)(F)F. The predicted octanol–water partition coefficient (Wildman–Crippen LogP) is 3.74. The lowest BCUT2D eigenvalue weighted by atomic mass is 9.93. The molecule has 1 unspecified atom stereocenters. The molecule has 6 atom stereocenters. The molecule has 2 heterocycles. The molecule has 2 aromatic rings. The number of hydrogen-bond acceptors (Lipinski definition) is 8. The number of halogens is 3. The van der Waals surface area contributed by atoms with Crippen LogP contribution in [0.1, 0.15) is 32.7 Å². The average molecular weight is 649 g/mol. The number of benzene rings is 2. The molecule has 1 amide bonds. The molecule has 0 saturated carbocycles. The molecule has 242 valence electrons. The van der Waals surface area contributed by atoms with Crippen LogP contribution in [-0.2, 0) is 35.4 Å². The summed E-state index contributed by atoms with van der Waals surface area (Å²) >= 11 is 0. The summed E-state index contributed by atoms with van der Waals surface area (Å²) in [4.78, 5) is 25.4. The Hall–Kier alpha value is -3.40. The summed E-state index contributed by atoms with van der Waals surface area (Å²) < 4.78 is 130. The molecule has 4 rings (SSSR count). The van der Waals surface area contributed by atoms with Crippen molar-refractivity contribution in [2.75, 3.05) is 32.0 Å². The van der Waals surface area contributed by atoms with Crippen LogP contribution in [0.4, 0.5) is 23.7 Å². The van der Waals surface area contributed by atoms with Gasteiger partial charge in [0.2, 0.25) is 10.0 Å². The first-order valence-corrected chi connectivity index (χ1v) is 15.0. The maximum Gasteiger partial charge on any atom is 0.490 e. The van der Waals surface area contributed by atoms with E-state index >= 15 is 0 Å². The monoisotopic (exact) mass is 648 g/mol. The number of alkyl halides is 3. The summed E-state index contributed by atoms with van der Waals surface area (Å²) in [5.41, 5.74) is 5.94. The molecule has 3 N–H and O–H groups in total. The Bertz CT molecular complexity index is 1630. The number of amides is 1. The van der Waals surface area contributed by atoms with Crippen LogP contribution < -0.4 is 5.73 Å². The number of rotatable bonds is 12.